The molecule has 2 atom stereocenters. The number of nitrogens with zero attached hydrogens (tertiary/aromatic N) is 1. The summed E-state index contributed by atoms with van der Waals surface area (Å²) in [5.41, 5.74) is 0. The summed E-state index contributed by atoms with van der Waals surface area (Å²) in [6, 6.07) is 2.74. The van der Waals surface area contributed by atoms with E-state index in [9.17, 15) is 0 Å². The highest BCUT2D eigenvalue weighted by molar-refractivity contribution is 4.81. The third-order valence-corrected chi connectivity index (χ3v) is 1.82. The van der Waals surface area contributed by atoms with Crippen molar-refractivity contribution < 1.29 is 0 Å². The zero-order valence-corrected chi connectivity index (χ0v) is 8.59. The third-order valence-electron chi connectivity index (χ3n) is 1.82. The van der Waals surface area contributed by atoms with Gasteiger partial charge in [0.1, 0.15) is 0 Å². The standard InChI is InChI=1S/C10H20N2/c1-8(2)5-10(4)12-7-9(3)6-11/h8-10,12H,5,7H2,1-4H3. The van der Waals surface area contributed by atoms with Crippen LogP contribution in [0.5, 0.6) is 0 Å². The Hall–Kier alpha value is -0.550. The van der Waals surface area contributed by atoms with Crippen LogP contribution in [0.1, 0.15) is 34.1 Å². The van der Waals surface area contributed by atoms with E-state index in [1.807, 2.05) is 6.92 Å². The molecule has 2 nitrogen and oxygen atoms in total. The lowest BCUT2D eigenvalue weighted by molar-refractivity contribution is 0.428. The van der Waals surface area contributed by atoms with Gasteiger partial charge in [0.25, 0.3) is 0 Å². The largest absolute Gasteiger partial charge is 0.313 e. The van der Waals surface area contributed by atoms with Crippen LogP contribution in [0, 0.1) is 23.2 Å². The number of rotatable bonds is 5. The van der Waals surface area contributed by atoms with Gasteiger partial charge in [-0.2, -0.15) is 5.26 Å². The van der Waals surface area contributed by atoms with Crippen molar-refractivity contribution in [2.24, 2.45) is 11.8 Å². The summed E-state index contributed by atoms with van der Waals surface area (Å²) >= 11 is 0. The van der Waals surface area contributed by atoms with Gasteiger partial charge in [0, 0.05) is 12.6 Å². The molecule has 0 rings (SSSR count). The second kappa shape index (κ2) is 6.02. The topological polar surface area (TPSA) is 35.8 Å². The van der Waals surface area contributed by atoms with Gasteiger partial charge in [-0.15, -0.1) is 0 Å². The maximum Gasteiger partial charge on any atom is 0.0666 e. The van der Waals surface area contributed by atoms with Crippen LogP contribution in [-0.4, -0.2) is 12.6 Å². The Morgan fingerprint density at radius 1 is 1.25 bits per heavy atom. The van der Waals surface area contributed by atoms with E-state index in [1.165, 1.54) is 6.42 Å². The maximum atomic E-state index is 8.54. The minimum absolute atomic E-state index is 0.125. The molecule has 0 aromatic rings. The van der Waals surface area contributed by atoms with E-state index in [2.05, 4.69) is 32.2 Å². The Labute approximate surface area is 76.0 Å². The number of nitriles is 1. The average molecular weight is 168 g/mol. The Kier molecular flexibility index (Phi) is 5.74. The monoisotopic (exact) mass is 168 g/mol. The number of hydrogen-bond donors (Lipinski definition) is 1. The normalized spacial score (nSPS) is 15.7. The third kappa shape index (κ3) is 6.18. The first-order valence-electron chi connectivity index (χ1n) is 4.69. The Balaban J connectivity index is 3.45. The van der Waals surface area contributed by atoms with E-state index in [0.29, 0.717) is 6.04 Å². The van der Waals surface area contributed by atoms with Crippen LogP contribution < -0.4 is 5.32 Å². The molecule has 0 heterocycles. The van der Waals surface area contributed by atoms with Gasteiger partial charge in [-0.25, -0.2) is 0 Å². The smallest absolute Gasteiger partial charge is 0.0666 e. The fourth-order valence-corrected chi connectivity index (χ4v) is 1.21. The molecular formula is C10H20N2. The summed E-state index contributed by atoms with van der Waals surface area (Å²) in [6.07, 6.45) is 1.18. The molecule has 0 aliphatic carbocycles. The molecule has 0 aromatic heterocycles. The zero-order chi connectivity index (χ0) is 9.56. The summed E-state index contributed by atoms with van der Waals surface area (Å²) in [6.45, 7) is 9.35. The second-order valence-corrected chi connectivity index (χ2v) is 3.97. The van der Waals surface area contributed by atoms with E-state index in [1.54, 1.807) is 0 Å². The molecule has 2 unspecified atom stereocenters. The van der Waals surface area contributed by atoms with E-state index < -0.39 is 0 Å². The number of hydrogen-bond acceptors (Lipinski definition) is 2. The van der Waals surface area contributed by atoms with Crippen molar-refractivity contribution in [1.82, 2.24) is 5.32 Å². The fourth-order valence-electron chi connectivity index (χ4n) is 1.21. The van der Waals surface area contributed by atoms with Crippen LogP contribution in [0.3, 0.4) is 0 Å². The van der Waals surface area contributed by atoms with Crippen molar-refractivity contribution in [1.29, 1.82) is 5.26 Å². The van der Waals surface area contributed by atoms with Crippen LogP contribution in [0.2, 0.25) is 0 Å². The van der Waals surface area contributed by atoms with Crippen molar-refractivity contribution in [3.05, 3.63) is 0 Å². The Morgan fingerprint density at radius 3 is 2.25 bits per heavy atom. The van der Waals surface area contributed by atoms with E-state index in [4.69, 9.17) is 5.26 Å². The highest BCUT2D eigenvalue weighted by Gasteiger charge is 2.05. The number of nitrogens with one attached hydrogen (secondary N) is 1. The molecule has 0 amide bonds. The summed E-state index contributed by atoms with van der Waals surface area (Å²) in [4.78, 5) is 0. The lowest BCUT2D eigenvalue weighted by Crippen LogP contribution is -2.30. The first kappa shape index (κ1) is 11.4. The van der Waals surface area contributed by atoms with Gasteiger partial charge in [-0.1, -0.05) is 13.8 Å². The molecule has 12 heavy (non-hydrogen) atoms. The minimum Gasteiger partial charge on any atom is -0.313 e. The van der Waals surface area contributed by atoms with E-state index in [0.717, 1.165) is 12.5 Å². The molecule has 0 saturated carbocycles. The van der Waals surface area contributed by atoms with Crippen LogP contribution in [0.25, 0.3) is 0 Å². The van der Waals surface area contributed by atoms with Gasteiger partial charge in [0.05, 0.1) is 12.0 Å². The van der Waals surface area contributed by atoms with Gasteiger partial charge >= 0.3 is 0 Å². The minimum atomic E-state index is 0.125. The summed E-state index contributed by atoms with van der Waals surface area (Å²) in [5, 5.41) is 11.9. The van der Waals surface area contributed by atoms with Crippen molar-refractivity contribution >= 4 is 0 Å². The summed E-state index contributed by atoms with van der Waals surface area (Å²) < 4.78 is 0. The first-order valence-corrected chi connectivity index (χ1v) is 4.69. The lowest BCUT2D eigenvalue weighted by atomic mass is 10.0. The molecule has 0 aliphatic rings. The molecule has 0 saturated heterocycles. The quantitative estimate of drug-likeness (QED) is 0.683. The molecule has 70 valence electrons. The van der Waals surface area contributed by atoms with Crippen LogP contribution in [0.4, 0.5) is 0 Å². The highest BCUT2D eigenvalue weighted by Crippen LogP contribution is 2.03. The Morgan fingerprint density at radius 2 is 1.83 bits per heavy atom. The van der Waals surface area contributed by atoms with Gasteiger partial charge in [-0.05, 0) is 26.2 Å². The highest BCUT2D eigenvalue weighted by atomic mass is 14.9. The van der Waals surface area contributed by atoms with Crippen molar-refractivity contribution in [2.75, 3.05) is 6.54 Å². The van der Waals surface area contributed by atoms with E-state index >= 15 is 0 Å². The van der Waals surface area contributed by atoms with Gasteiger partial charge < -0.3 is 5.32 Å². The van der Waals surface area contributed by atoms with Crippen molar-refractivity contribution in [2.45, 2.75) is 40.2 Å². The molecule has 0 aliphatic heterocycles. The van der Waals surface area contributed by atoms with E-state index in [-0.39, 0.29) is 5.92 Å². The fraction of sp³-hybridized carbons (Fsp3) is 0.900. The van der Waals surface area contributed by atoms with Crippen molar-refractivity contribution in [3.8, 4) is 6.07 Å². The molecular weight excluding hydrogens is 148 g/mol. The van der Waals surface area contributed by atoms with Gasteiger partial charge in [0.15, 0.2) is 0 Å². The molecule has 0 spiro atoms. The maximum absolute atomic E-state index is 8.54. The first-order chi connectivity index (χ1) is 5.56. The predicted octanol–water partition coefficient (Wildman–Crippen LogP) is 2.17. The molecule has 0 bridgehead atoms. The molecule has 0 radical (unpaired) electrons. The zero-order valence-electron chi connectivity index (χ0n) is 8.59. The van der Waals surface area contributed by atoms with Crippen LogP contribution >= 0.6 is 0 Å². The molecule has 2 heteroatoms. The van der Waals surface area contributed by atoms with Gasteiger partial charge in [0.2, 0.25) is 0 Å². The molecule has 1 N–H and O–H groups in total. The van der Waals surface area contributed by atoms with Crippen LogP contribution in [0.15, 0.2) is 0 Å². The lowest BCUT2D eigenvalue weighted by Gasteiger charge is -2.16. The average Bonchev–Trinajstić information content (AvgIpc) is 1.99. The predicted molar refractivity (Wildman–Crippen MR) is 51.7 cm³/mol. The molecule has 0 aromatic carbocycles. The molecule has 0 fully saturated rings. The summed E-state index contributed by atoms with van der Waals surface area (Å²) in [7, 11) is 0. The second-order valence-electron chi connectivity index (χ2n) is 3.97. The van der Waals surface area contributed by atoms with Gasteiger partial charge in [-0.3, -0.25) is 0 Å². The van der Waals surface area contributed by atoms with Crippen LogP contribution in [-0.2, 0) is 0 Å². The Bertz CT molecular complexity index is 146. The SMILES string of the molecule is CC(C)CC(C)NCC(C)C#N. The summed E-state index contributed by atoms with van der Waals surface area (Å²) in [5.74, 6) is 0.851. The van der Waals surface area contributed by atoms with Crippen molar-refractivity contribution in [3.63, 3.8) is 0 Å².